The van der Waals surface area contributed by atoms with Gasteiger partial charge < -0.3 is 15.0 Å². The lowest BCUT2D eigenvalue weighted by Gasteiger charge is -2.26. The van der Waals surface area contributed by atoms with Crippen LogP contribution < -0.4 is 5.32 Å². The summed E-state index contributed by atoms with van der Waals surface area (Å²) in [6.07, 6.45) is 6.29. The van der Waals surface area contributed by atoms with E-state index < -0.39 is 0 Å². The van der Waals surface area contributed by atoms with Gasteiger partial charge >= 0.3 is 6.09 Å². The molecule has 2 fully saturated rings. The molecule has 4 nitrogen and oxygen atoms in total. The third kappa shape index (κ3) is 3.37. The molecule has 0 spiro atoms. The molecule has 1 aliphatic carbocycles. The van der Waals surface area contributed by atoms with Crippen LogP contribution in [0, 0.1) is 5.92 Å². The maximum Gasteiger partial charge on any atom is 0.409 e. The van der Waals surface area contributed by atoms with Gasteiger partial charge in [0.05, 0.1) is 6.61 Å². The van der Waals surface area contributed by atoms with Gasteiger partial charge in [-0.3, -0.25) is 0 Å². The normalized spacial score (nSPS) is 22.4. The Morgan fingerprint density at radius 2 is 1.94 bits per heavy atom. The molecule has 1 heterocycles. The maximum absolute atomic E-state index is 11.6. The monoisotopic (exact) mass is 226 g/mol. The number of carbonyl (C=O) groups is 1. The van der Waals surface area contributed by atoms with Gasteiger partial charge in [0.1, 0.15) is 0 Å². The summed E-state index contributed by atoms with van der Waals surface area (Å²) in [5.74, 6) is 0.802. The van der Waals surface area contributed by atoms with Gasteiger partial charge in [0.25, 0.3) is 0 Å². The molecule has 1 saturated heterocycles. The van der Waals surface area contributed by atoms with Gasteiger partial charge in [0.2, 0.25) is 0 Å². The third-order valence-electron chi connectivity index (χ3n) is 3.60. The lowest BCUT2D eigenvalue weighted by molar-refractivity contribution is 0.0927. The zero-order valence-electron chi connectivity index (χ0n) is 9.91. The Morgan fingerprint density at radius 3 is 2.62 bits per heavy atom. The highest BCUT2D eigenvalue weighted by Gasteiger charge is 2.19. The number of piperazine rings is 1. The maximum atomic E-state index is 11.6. The Bertz CT molecular complexity index is 221. The number of hydrogen-bond acceptors (Lipinski definition) is 3. The number of amides is 1. The lowest BCUT2D eigenvalue weighted by atomic mass is 10.1. The fraction of sp³-hybridized carbons (Fsp3) is 0.917. The molecular formula is C12H22N2O2. The quantitative estimate of drug-likeness (QED) is 0.795. The number of hydrogen-bond donors (Lipinski definition) is 1. The van der Waals surface area contributed by atoms with Crippen LogP contribution in [0.5, 0.6) is 0 Å². The highest BCUT2D eigenvalue weighted by Crippen LogP contribution is 2.27. The minimum absolute atomic E-state index is 0.125. The van der Waals surface area contributed by atoms with Crippen molar-refractivity contribution in [3.8, 4) is 0 Å². The third-order valence-corrected chi connectivity index (χ3v) is 3.60. The standard InChI is InChI=1S/C12H22N2O2/c15-12(14-8-6-13-7-9-14)16-10-5-11-3-1-2-4-11/h11,13H,1-10H2. The number of nitrogens with zero attached hydrogens (tertiary/aromatic N) is 1. The van der Waals surface area contributed by atoms with Crippen LogP contribution in [0.15, 0.2) is 0 Å². The van der Waals surface area contributed by atoms with Gasteiger partial charge in [-0.25, -0.2) is 4.79 Å². The van der Waals surface area contributed by atoms with Crippen molar-refractivity contribution in [1.29, 1.82) is 0 Å². The largest absolute Gasteiger partial charge is 0.449 e. The molecule has 4 heteroatoms. The van der Waals surface area contributed by atoms with Crippen molar-refractivity contribution in [2.75, 3.05) is 32.8 Å². The predicted molar refractivity (Wildman–Crippen MR) is 62.4 cm³/mol. The van der Waals surface area contributed by atoms with Crippen molar-refractivity contribution in [3.05, 3.63) is 0 Å². The summed E-state index contributed by atoms with van der Waals surface area (Å²) in [7, 11) is 0. The molecule has 0 atom stereocenters. The van der Waals surface area contributed by atoms with Gasteiger partial charge in [0, 0.05) is 26.2 Å². The molecule has 1 N–H and O–H groups in total. The second kappa shape index (κ2) is 6.09. The minimum atomic E-state index is -0.125. The Hall–Kier alpha value is -0.770. The van der Waals surface area contributed by atoms with Crippen molar-refractivity contribution < 1.29 is 9.53 Å². The van der Waals surface area contributed by atoms with Gasteiger partial charge in [-0.05, 0) is 12.3 Å². The van der Waals surface area contributed by atoms with Crippen LogP contribution in [0.25, 0.3) is 0 Å². The Balaban J connectivity index is 1.59. The Morgan fingerprint density at radius 1 is 1.25 bits per heavy atom. The molecule has 2 rings (SSSR count). The molecule has 1 aliphatic heterocycles. The van der Waals surface area contributed by atoms with E-state index in [0.29, 0.717) is 6.61 Å². The summed E-state index contributed by atoms with van der Waals surface area (Å²) in [6.45, 7) is 3.94. The summed E-state index contributed by atoms with van der Waals surface area (Å²) >= 11 is 0. The van der Waals surface area contributed by atoms with Crippen molar-refractivity contribution in [2.45, 2.75) is 32.1 Å². The molecular weight excluding hydrogens is 204 g/mol. The number of carbonyl (C=O) groups excluding carboxylic acids is 1. The van der Waals surface area contributed by atoms with Crippen molar-refractivity contribution in [3.63, 3.8) is 0 Å². The fourth-order valence-electron chi connectivity index (χ4n) is 2.55. The zero-order chi connectivity index (χ0) is 11.2. The molecule has 0 aromatic heterocycles. The van der Waals surface area contributed by atoms with E-state index in [2.05, 4.69) is 5.32 Å². The summed E-state index contributed by atoms with van der Waals surface area (Å²) in [5, 5.41) is 3.22. The van der Waals surface area contributed by atoms with Crippen LogP contribution in [0.4, 0.5) is 4.79 Å². The van der Waals surface area contributed by atoms with E-state index in [1.165, 1.54) is 25.7 Å². The number of rotatable bonds is 3. The molecule has 0 radical (unpaired) electrons. The Labute approximate surface area is 97.3 Å². The number of ether oxygens (including phenoxy) is 1. The smallest absolute Gasteiger partial charge is 0.409 e. The molecule has 1 saturated carbocycles. The molecule has 1 amide bonds. The lowest BCUT2D eigenvalue weighted by Crippen LogP contribution is -2.46. The number of nitrogens with one attached hydrogen (secondary N) is 1. The van der Waals surface area contributed by atoms with E-state index in [-0.39, 0.29) is 6.09 Å². The summed E-state index contributed by atoms with van der Waals surface area (Å²) < 4.78 is 5.30. The van der Waals surface area contributed by atoms with Crippen molar-refractivity contribution in [2.24, 2.45) is 5.92 Å². The molecule has 16 heavy (non-hydrogen) atoms. The second-order valence-electron chi connectivity index (χ2n) is 4.79. The first kappa shape index (κ1) is 11.7. The molecule has 0 aromatic carbocycles. The summed E-state index contributed by atoms with van der Waals surface area (Å²) in [5.41, 5.74) is 0. The van der Waals surface area contributed by atoms with Gasteiger partial charge in [-0.15, -0.1) is 0 Å². The van der Waals surface area contributed by atoms with Crippen LogP contribution in [-0.2, 0) is 4.74 Å². The molecule has 2 aliphatic rings. The molecule has 0 bridgehead atoms. The van der Waals surface area contributed by atoms with Crippen LogP contribution in [0.2, 0.25) is 0 Å². The van der Waals surface area contributed by atoms with Crippen molar-refractivity contribution >= 4 is 6.09 Å². The van der Waals surface area contributed by atoms with Gasteiger partial charge in [0.15, 0.2) is 0 Å². The first-order valence-electron chi connectivity index (χ1n) is 6.48. The van der Waals surface area contributed by atoms with Crippen LogP contribution in [0.1, 0.15) is 32.1 Å². The molecule has 0 unspecified atom stereocenters. The zero-order valence-corrected chi connectivity index (χ0v) is 9.91. The van der Waals surface area contributed by atoms with E-state index in [9.17, 15) is 4.79 Å². The highest BCUT2D eigenvalue weighted by molar-refractivity contribution is 5.67. The highest BCUT2D eigenvalue weighted by atomic mass is 16.6. The van der Waals surface area contributed by atoms with E-state index in [4.69, 9.17) is 4.74 Å². The van der Waals surface area contributed by atoms with Crippen molar-refractivity contribution in [1.82, 2.24) is 10.2 Å². The Kier molecular flexibility index (Phi) is 4.45. The first-order valence-corrected chi connectivity index (χ1v) is 6.48. The first-order chi connectivity index (χ1) is 7.86. The van der Waals surface area contributed by atoms with E-state index in [0.717, 1.165) is 38.5 Å². The molecule has 92 valence electrons. The fourth-order valence-corrected chi connectivity index (χ4v) is 2.55. The summed E-state index contributed by atoms with van der Waals surface area (Å²) in [4.78, 5) is 13.4. The molecule has 0 aromatic rings. The second-order valence-corrected chi connectivity index (χ2v) is 4.79. The topological polar surface area (TPSA) is 41.6 Å². The SMILES string of the molecule is O=C(OCCC1CCCC1)N1CCNCC1. The van der Waals surface area contributed by atoms with Gasteiger partial charge in [-0.2, -0.15) is 0 Å². The van der Waals surface area contributed by atoms with Gasteiger partial charge in [-0.1, -0.05) is 25.7 Å². The minimum Gasteiger partial charge on any atom is -0.449 e. The summed E-state index contributed by atoms with van der Waals surface area (Å²) in [6, 6.07) is 0. The predicted octanol–water partition coefficient (Wildman–Crippen LogP) is 1.61. The van der Waals surface area contributed by atoms with Crippen LogP contribution in [-0.4, -0.2) is 43.8 Å². The van der Waals surface area contributed by atoms with Crippen LogP contribution in [0.3, 0.4) is 0 Å². The average Bonchev–Trinajstić information content (AvgIpc) is 2.83. The van der Waals surface area contributed by atoms with E-state index in [1.54, 1.807) is 4.90 Å². The average molecular weight is 226 g/mol. The van der Waals surface area contributed by atoms with E-state index >= 15 is 0 Å². The van der Waals surface area contributed by atoms with Crippen LogP contribution >= 0.6 is 0 Å². The van der Waals surface area contributed by atoms with E-state index in [1.807, 2.05) is 0 Å².